The third-order valence-corrected chi connectivity index (χ3v) is 5.54. The molecule has 0 N–H and O–H groups in total. The van der Waals surface area contributed by atoms with Gasteiger partial charge in [0.05, 0.1) is 6.54 Å². The molecule has 126 valence electrons. The predicted octanol–water partition coefficient (Wildman–Crippen LogP) is 0.645. The summed E-state index contributed by atoms with van der Waals surface area (Å²) in [6.45, 7) is 5.37. The molecule has 4 rings (SSSR count). The molecular weight excluding hydrogens is 330 g/mol. The quantitative estimate of drug-likeness (QED) is 0.787. The summed E-state index contributed by atoms with van der Waals surface area (Å²) in [4.78, 5) is 8.74. The molecule has 0 amide bonds. The van der Waals surface area contributed by atoms with Crippen molar-refractivity contribution < 1.29 is 12.9 Å². The third kappa shape index (κ3) is 2.69. The van der Waals surface area contributed by atoms with Gasteiger partial charge in [-0.2, -0.15) is 13.4 Å². The fraction of sp³-hybridized carbons (Fsp3) is 0.400. The first-order valence-electron chi connectivity index (χ1n) is 7.74. The van der Waals surface area contributed by atoms with Crippen LogP contribution in [0.2, 0.25) is 0 Å². The molecule has 24 heavy (non-hydrogen) atoms. The normalized spacial score (nSPS) is 20.0. The minimum atomic E-state index is -3.56. The van der Waals surface area contributed by atoms with Crippen molar-refractivity contribution in [1.29, 1.82) is 0 Å². The monoisotopic (exact) mass is 347 g/mol. The Balaban J connectivity index is 1.47. The van der Waals surface area contributed by atoms with Crippen molar-refractivity contribution in [2.45, 2.75) is 18.4 Å². The highest BCUT2D eigenvalue weighted by atomic mass is 32.2. The van der Waals surface area contributed by atoms with Crippen molar-refractivity contribution in [3.8, 4) is 0 Å². The van der Waals surface area contributed by atoms with Crippen molar-refractivity contribution in [1.82, 2.24) is 19.9 Å². The van der Waals surface area contributed by atoms with Crippen LogP contribution in [0.1, 0.15) is 17.3 Å². The van der Waals surface area contributed by atoms with Gasteiger partial charge in [0, 0.05) is 31.7 Å². The number of amidine groups is 1. The van der Waals surface area contributed by atoms with Crippen LogP contribution >= 0.6 is 0 Å². The van der Waals surface area contributed by atoms with Crippen molar-refractivity contribution in [3.63, 3.8) is 0 Å². The average Bonchev–Trinajstić information content (AvgIpc) is 3.10. The summed E-state index contributed by atoms with van der Waals surface area (Å²) >= 11 is 0. The van der Waals surface area contributed by atoms with Crippen LogP contribution in [-0.2, 0) is 16.6 Å². The summed E-state index contributed by atoms with van der Waals surface area (Å²) in [5, 5.41) is 3.79. The van der Waals surface area contributed by atoms with E-state index in [1.165, 1.54) is 0 Å². The Kier molecular flexibility index (Phi) is 3.61. The zero-order valence-corrected chi connectivity index (χ0v) is 14.0. The van der Waals surface area contributed by atoms with Crippen LogP contribution in [0.15, 0.2) is 38.1 Å². The molecule has 2 aliphatic rings. The number of aromatic nitrogens is 2. The van der Waals surface area contributed by atoms with E-state index in [0.29, 0.717) is 47.6 Å². The molecule has 1 aromatic carbocycles. The number of aryl methyl sites for hydroxylation is 1. The number of hydrogen-bond donors (Lipinski definition) is 0. The van der Waals surface area contributed by atoms with E-state index in [1.54, 1.807) is 19.1 Å². The highest BCUT2D eigenvalue weighted by Crippen LogP contribution is 2.27. The average molecular weight is 347 g/mol. The van der Waals surface area contributed by atoms with Crippen LogP contribution in [0.3, 0.4) is 0 Å². The first kappa shape index (κ1) is 15.3. The van der Waals surface area contributed by atoms with Gasteiger partial charge in [0.1, 0.15) is 4.90 Å². The lowest BCUT2D eigenvalue weighted by atomic mass is 10.1. The van der Waals surface area contributed by atoms with Gasteiger partial charge in [-0.3, -0.25) is 4.90 Å². The molecule has 1 fully saturated rings. The van der Waals surface area contributed by atoms with E-state index in [-0.39, 0.29) is 0 Å². The second-order valence-corrected chi connectivity index (χ2v) is 7.46. The molecule has 3 heterocycles. The maximum absolute atomic E-state index is 12.2. The molecule has 0 aliphatic carbocycles. The van der Waals surface area contributed by atoms with Gasteiger partial charge in [0.25, 0.3) is 10.0 Å². The van der Waals surface area contributed by atoms with Gasteiger partial charge in [-0.25, -0.2) is 0 Å². The first-order valence-corrected chi connectivity index (χ1v) is 9.18. The van der Waals surface area contributed by atoms with Crippen LogP contribution < -0.4 is 0 Å². The molecule has 0 spiro atoms. The molecule has 0 radical (unpaired) electrons. The zero-order chi connectivity index (χ0) is 16.7. The summed E-state index contributed by atoms with van der Waals surface area (Å²) < 4.78 is 33.5. The highest BCUT2D eigenvalue weighted by Gasteiger charge is 2.33. The molecule has 2 aromatic rings. The molecule has 0 bridgehead atoms. The van der Waals surface area contributed by atoms with Crippen molar-refractivity contribution in [2.24, 2.45) is 4.40 Å². The van der Waals surface area contributed by atoms with Crippen LogP contribution in [0.25, 0.3) is 0 Å². The summed E-state index contributed by atoms with van der Waals surface area (Å²) in [6.07, 6.45) is 0. The van der Waals surface area contributed by atoms with Crippen molar-refractivity contribution in [3.05, 3.63) is 41.5 Å². The van der Waals surface area contributed by atoms with Gasteiger partial charge in [0.2, 0.25) is 5.89 Å². The summed E-state index contributed by atoms with van der Waals surface area (Å²) in [5.41, 5.74) is 0.693. The van der Waals surface area contributed by atoms with E-state index in [9.17, 15) is 8.42 Å². The van der Waals surface area contributed by atoms with Crippen LogP contribution in [0.5, 0.6) is 0 Å². The molecule has 0 saturated carbocycles. The van der Waals surface area contributed by atoms with E-state index in [1.807, 2.05) is 17.0 Å². The molecule has 9 heteroatoms. The fourth-order valence-electron chi connectivity index (χ4n) is 3.03. The third-order valence-electron chi connectivity index (χ3n) is 4.21. The van der Waals surface area contributed by atoms with Gasteiger partial charge in [0.15, 0.2) is 11.7 Å². The highest BCUT2D eigenvalue weighted by molar-refractivity contribution is 7.90. The maximum Gasteiger partial charge on any atom is 0.285 e. The number of benzene rings is 1. The Morgan fingerprint density at radius 3 is 2.62 bits per heavy atom. The lowest BCUT2D eigenvalue weighted by Gasteiger charge is -2.35. The van der Waals surface area contributed by atoms with E-state index < -0.39 is 10.0 Å². The smallest absolute Gasteiger partial charge is 0.285 e. The molecular formula is C15H17N5O3S. The van der Waals surface area contributed by atoms with Crippen molar-refractivity contribution in [2.75, 3.05) is 26.2 Å². The number of piperazine rings is 1. The Labute approximate surface area is 139 Å². The van der Waals surface area contributed by atoms with Crippen LogP contribution in [-0.4, -0.2) is 60.4 Å². The molecule has 1 saturated heterocycles. The van der Waals surface area contributed by atoms with Crippen LogP contribution in [0.4, 0.5) is 0 Å². The second-order valence-electron chi connectivity index (χ2n) is 5.88. The Morgan fingerprint density at radius 1 is 1.17 bits per heavy atom. The van der Waals surface area contributed by atoms with Gasteiger partial charge < -0.3 is 9.42 Å². The molecule has 0 unspecified atom stereocenters. The first-order chi connectivity index (χ1) is 11.5. The van der Waals surface area contributed by atoms with Gasteiger partial charge in [-0.1, -0.05) is 17.3 Å². The molecule has 2 aliphatic heterocycles. The molecule has 8 nitrogen and oxygen atoms in total. The van der Waals surface area contributed by atoms with Crippen LogP contribution in [0, 0.1) is 6.92 Å². The second kappa shape index (κ2) is 5.67. The number of fused-ring (bicyclic) bond motifs is 1. The summed E-state index contributed by atoms with van der Waals surface area (Å²) in [6, 6.07) is 6.98. The van der Waals surface area contributed by atoms with Gasteiger partial charge in [-0.15, -0.1) is 4.40 Å². The Bertz CT molecular complexity index is 897. The minimum Gasteiger partial charge on any atom is -0.353 e. The lowest BCUT2D eigenvalue weighted by molar-refractivity contribution is 0.158. The Morgan fingerprint density at radius 2 is 1.92 bits per heavy atom. The largest absolute Gasteiger partial charge is 0.353 e. The number of nitrogens with zero attached hydrogens (tertiary/aromatic N) is 5. The van der Waals surface area contributed by atoms with Gasteiger partial charge in [-0.05, 0) is 19.1 Å². The van der Waals surface area contributed by atoms with E-state index >= 15 is 0 Å². The zero-order valence-electron chi connectivity index (χ0n) is 13.2. The number of hydrogen-bond acceptors (Lipinski definition) is 7. The summed E-state index contributed by atoms with van der Waals surface area (Å²) in [7, 11) is -3.56. The maximum atomic E-state index is 12.2. The van der Waals surface area contributed by atoms with Crippen molar-refractivity contribution >= 4 is 15.9 Å². The number of rotatable bonds is 2. The van der Waals surface area contributed by atoms with E-state index in [2.05, 4.69) is 19.4 Å². The SMILES string of the molecule is Cc1noc(CN2CCN(C3=NS(=O)(=O)c4ccccc43)CC2)n1. The lowest BCUT2D eigenvalue weighted by Crippen LogP contribution is -2.48. The van der Waals surface area contributed by atoms with E-state index in [0.717, 1.165) is 13.1 Å². The fourth-order valence-corrected chi connectivity index (χ4v) is 4.26. The van der Waals surface area contributed by atoms with Gasteiger partial charge >= 0.3 is 0 Å². The molecule has 1 aromatic heterocycles. The minimum absolute atomic E-state index is 0.295. The van der Waals surface area contributed by atoms with E-state index in [4.69, 9.17) is 4.52 Å². The summed E-state index contributed by atoms with van der Waals surface area (Å²) in [5.74, 6) is 1.79. The standard InChI is InChI=1S/C15H17N5O3S/c1-11-16-14(23-17-11)10-19-6-8-20(9-7-19)15-12-4-2-3-5-13(12)24(21,22)18-15/h2-5H,6-10H2,1H3. The topological polar surface area (TPSA) is 91.9 Å². The molecule has 0 atom stereocenters. The number of sulfonamides is 1. The predicted molar refractivity (Wildman–Crippen MR) is 86.0 cm³/mol. The Hall–Kier alpha value is -2.26.